The van der Waals surface area contributed by atoms with Crippen molar-refractivity contribution in [3.63, 3.8) is 0 Å². The summed E-state index contributed by atoms with van der Waals surface area (Å²) in [4.78, 5) is 12.7. The zero-order chi connectivity index (χ0) is 17.2. The number of nitrogens with zero attached hydrogens (tertiary/aromatic N) is 2. The summed E-state index contributed by atoms with van der Waals surface area (Å²) in [5.41, 5.74) is 0.131. The third-order valence-electron chi connectivity index (χ3n) is 4.22. The van der Waals surface area contributed by atoms with Gasteiger partial charge < -0.3 is 4.90 Å². The van der Waals surface area contributed by atoms with E-state index in [1.54, 1.807) is 12.1 Å². The molecule has 2 rings (SSSR count). The Bertz CT molecular complexity index is 685. The van der Waals surface area contributed by atoms with Crippen LogP contribution in [0.3, 0.4) is 0 Å². The summed E-state index contributed by atoms with van der Waals surface area (Å²) in [6.07, 6.45) is 4.18. The Morgan fingerprint density at radius 2 is 2.09 bits per heavy atom. The van der Waals surface area contributed by atoms with Gasteiger partial charge in [0.2, 0.25) is 0 Å². The standard InChI is InChI=1S/C16H24N2O4S/c1-12(2)10-13-6-5-9-17(11-13)14-7-4-8-15(23(3,21)22)16(14)18(19)20/h4,7-8,12-13H,5-6,9-11H2,1-3H3. The fourth-order valence-electron chi connectivity index (χ4n) is 3.39. The molecule has 0 bridgehead atoms. The average molecular weight is 340 g/mol. The normalized spacial score (nSPS) is 19.1. The van der Waals surface area contributed by atoms with E-state index >= 15 is 0 Å². The summed E-state index contributed by atoms with van der Waals surface area (Å²) in [6.45, 7) is 5.81. The van der Waals surface area contributed by atoms with Gasteiger partial charge in [0.1, 0.15) is 10.6 Å². The SMILES string of the molecule is CC(C)CC1CCCN(c2cccc(S(C)(=O)=O)c2[N+](=O)[O-])C1. The molecule has 0 aliphatic carbocycles. The molecule has 7 heteroatoms. The monoisotopic (exact) mass is 340 g/mol. The lowest BCUT2D eigenvalue weighted by molar-refractivity contribution is -0.387. The first-order valence-electron chi connectivity index (χ1n) is 7.92. The van der Waals surface area contributed by atoms with E-state index in [1.165, 1.54) is 6.07 Å². The fraction of sp³-hybridized carbons (Fsp3) is 0.625. The van der Waals surface area contributed by atoms with Crippen LogP contribution < -0.4 is 4.90 Å². The molecule has 1 aromatic rings. The summed E-state index contributed by atoms with van der Waals surface area (Å²) < 4.78 is 23.8. The molecule has 1 aromatic carbocycles. The van der Waals surface area contributed by atoms with Crippen molar-refractivity contribution in [1.82, 2.24) is 0 Å². The second-order valence-electron chi connectivity index (χ2n) is 6.74. The smallest absolute Gasteiger partial charge is 0.311 e. The Labute approximate surface area is 137 Å². The van der Waals surface area contributed by atoms with Gasteiger partial charge in [-0.1, -0.05) is 19.9 Å². The van der Waals surface area contributed by atoms with Crippen molar-refractivity contribution in [3.05, 3.63) is 28.3 Å². The minimum atomic E-state index is -3.64. The van der Waals surface area contributed by atoms with Crippen LogP contribution in [0.15, 0.2) is 23.1 Å². The number of hydrogen-bond donors (Lipinski definition) is 0. The molecule has 0 amide bonds. The number of anilines is 1. The number of nitro groups is 1. The highest BCUT2D eigenvalue weighted by atomic mass is 32.2. The van der Waals surface area contributed by atoms with Crippen LogP contribution in [0.4, 0.5) is 11.4 Å². The molecule has 23 heavy (non-hydrogen) atoms. The molecule has 1 saturated heterocycles. The zero-order valence-corrected chi connectivity index (χ0v) is 14.7. The van der Waals surface area contributed by atoms with E-state index in [4.69, 9.17) is 0 Å². The van der Waals surface area contributed by atoms with Crippen molar-refractivity contribution >= 4 is 21.2 Å². The van der Waals surface area contributed by atoms with E-state index in [0.29, 0.717) is 17.5 Å². The summed E-state index contributed by atoms with van der Waals surface area (Å²) in [5.74, 6) is 1.07. The maximum Gasteiger partial charge on any atom is 0.311 e. The van der Waals surface area contributed by atoms with Crippen LogP contribution in [-0.4, -0.2) is 32.7 Å². The van der Waals surface area contributed by atoms with E-state index in [1.807, 2.05) is 4.90 Å². The number of sulfone groups is 1. The second kappa shape index (κ2) is 6.86. The second-order valence-corrected chi connectivity index (χ2v) is 8.72. The van der Waals surface area contributed by atoms with Gasteiger partial charge in [0.05, 0.1) is 4.92 Å². The van der Waals surface area contributed by atoms with Gasteiger partial charge in [-0.15, -0.1) is 0 Å². The van der Waals surface area contributed by atoms with E-state index in [9.17, 15) is 18.5 Å². The molecular formula is C16H24N2O4S. The Hall–Kier alpha value is -1.63. The van der Waals surface area contributed by atoms with Crippen molar-refractivity contribution in [3.8, 4) is 0 Å². The maximum atomic E-state index is 11.9. The van der Waals surface area contributed by atoms with E-state index in [-0.39, 0.29) is 10.6 Å². The lowest BCUT2D eigenvalue weighted by atomic mass is 9.89. The molecule has 128 valence electrons. The van der Waals surface area contributed by atoms with Crippen LogP contribution in [0.2, 0.25) is 0 Å². The van der Waals surface area contributed by atoms with Crippen molar-refractivity contribution in [1.29, 1.82) is 0 Å². The van der Waals surface area contributed by atoms with E-state index in [0.717, 1.165) is 38.6 Å². The number of benzene rings is 1. The number of piperidine rings is 1. The van der Waals surface area contributed by atoms with E-state index in [2.05, 4.69) is 13.8 Å². The molecule has 1 fully saturated rings. The van der Waals surface area contributed by atoms with Gasteiger partial charge in [0.15, 0.2) is 9.84 Å². The third-order valence-corrected chi connectivity index (χ3v) is 5.35. The van der Waals surface area contributed by atoms with Gasteiger partial charge in [0, 0.05) is 19.3 Å². The molecule has 1 aliphatic rings. The number of nitro benzene ring substituents is 1. The van der Waals surface area contributed by atoms with Crippen molar-refractivity contribution in [2.75, 3.05) is 24.2 Å². The van der Waals surface area contributed by atoms with E-state index < -0.39 is 14.8 Å². The van der Waals surface area contributed by atoms with Crippen molar-refractivity contribution in [2.24, 2.45) is 11.8 Å². The lowest BCUT2D eigenvalue weighted by Gasteiger charge is -2.35. The van der Waals surface area contributed by atoms with Crippen molar-refractivity contribution in [2.45, 2.75) is 38.0 Å². The zero-order valence-electron chi connectivity index (χ0n) is 13.9. The van der Waals surface area contributed by atoms with Crippen LogP contribution in [0.1, 0.15) is 33.1 Å². The minimum absolute atomic E-state index is 0.203. The van der Waals surface area contributed by atoms with Gasteiger partial charge in [-0.05, 0) is 43.2 Å². The Kier molecular flexibility index (Phi) is 5.29. The number of rotatable bonds is 5. The van der Waals surface area contributed by atoms with Crippen LogP contribution in [0, 0.1) is 22.0 Å². The molecule has 1 aliphatic heterocycles. The van der Waals surface area contributed by atoms with Gasteiger partial charge >= 0.3 is 5.69 Å². The highest BCUT2D eigenvalue weighted by Gasteiger charge is 2.31. The molecular weight excluding hydrogens is 316 g/mol. The molecule has 0 spiro atoms. The Morgan fingerprint density at radius 1 is 1.39 bits per heavy atom. The van der Waals surface area contributed by atoms with Gasteiger partial charge in [0.25, 0.3) is 0 Å². The molecule has 0 radical (unpaired) electrons. The summed E-state index contributed by atoms with van der Waals surface area (Å²) in [6, 6.07) is 4.56. The minimum Gasteiger partial charge on any atom is -0.366 e. The summed E-state index contributed by atoms with van der Waals surface area (Å²) in [5, 5.41) is 11.5. The van der Waals surface area contributed by atoms with Crippen LogP contribution in [-0.2, 0) is 9.84 Å². The molecule has 0 N–H and O–H groups in total. The number of para-hydroxylation sites is 1. The molecule has 0 saturated carbocycles. The quantitative estimate of drug-likeness (QED) is 0.607. The number of hydrogen-bond acceptors (Lipinski definition) is 5. The van der Waals surface area contributed by atoms with Gasteiger partial charge in [-0.25, -0.2) is 8.42 Å². The first-order valence-corrected chi connectivity index (χ1v) is 9.81. The molecule has 1 heterocycles. The first-order chi connectivity index (χ1) is 10.7. The average Bonchev–Trinajstić information content (AvgIpc) is 2.45. The lowest BCUT2D eigenvalue weighted by Crippen LogP contribution is -2.36. The first kappa shape index (κ1) is 17.7. The summed E-state index contributed by atoms with van der Waals surface area (Å²) in [7, 11) is -3.64. The maximum absolute atomic E-state index is 11.9. The highest BCUT2D eigenvalue weighted by molar-refractivity contribution is 7.90. The predicted octanol–water partition coefficient (Wildman–Crippen LogP) is 3.26. The summed E-state index contributed by atoms with van der Waals surface area (Å²) >= 11 is 0. The Balaban J connectivity index is 2.41. The molecule has 1 unspecified atom stereocenters. The van der Waals surface area contributed by atoms with Crippen LogP contribution in [0.25, 0.3) is 0 Å². The molecule has 6 nitrogen and oxygen atoms in total. The van der Waals surface area contributed by atoms with Gasteiger partial charge in [-0.3, -0.25) is 10.1 Å². The highest BCUT2D eigenvalue weighted by Crippen LogP contribution is 2.37. The predicted molar refractivity (Wildman–Crippen MR) is 90.6 cm³/mol. The van der Waals surface area contributed by atoms with Gasteiger partial charge in [-0.2, -0.15) is 0 Å². The Morgan fingerprint density at radius 3 is 2.65 bits per heavy atom. The van der Waals surface area contributed by atoms with Crippen LogP contribution >= 0.6 is 0 Å². The molecule has 1 atom stereocenters. The van der Waals surface area contributed by atoms with Crippen LogP contribution in [0.5, 0.6) is 0 Å². The third kappa shape index (κ3) is 4.22. The fourth-order valence-corrected chi connectivity index (χ4v) is 4.25. The van der Waals surface area contributed by atoms with Crippen molar-refractivity contribution < 1.29 is 13.3 Å². The largest absolute Gasteiger partial charge is 0.366 e. The topological polar surface area (TPSA) is 80.5 Å². The molecule has 0 aromatic heterocycles.